The van der Waals surface area contributed by atoms with Gasteiger partial charge in [0.1, 0.15) is 0 Å². The molecule has 2 unspecified atom stereocenters. The Bertz CT molecular complexity index is 703. The van der Waals surface area contributed by atoms with Crippen molar-refractivity contribution in [3.8, 4) is 0 Å². The zero-order valence-corrected chi connectivity index (χ0v) is 17.2. The van der Waals surface area contributed by atoms with E-state index in [1.54, 1.807) is 0 Å². The summed E-state index contributed by atoms with van der Waals surface area (Å²) in [6, 6.07) is 14.5. The Morgan fingerprint density at radius 1 is 1.12 bits per heavy atom. The summed E-state index contributed by atoms with van der Waals surface area (Å²) < 4.78 is 0.937. The minimum Gasteiger partial charge on any atom is -0.356 e. The average Bonchev–Trinajstić information content (AvgIpc) is 2.56. The topological polar surface area (TPSA) is 24.1 Å². The second-order valence-corrected chi connectivity index (χ2v) is 7.65. The van der Waals surface area contributed by atoms with Crippen molar-refractivity contribution in [3.63, 3.8) is 0 Å². The third kappa shape index (κ3) is 5.20. The minimum absolute atomic E-state index is 0.116. The molecule has 0 amide bonds. The molecule has 0 fully saturated rings. The van der Waals surface area contributed by atoms with E-state index in [-0.39, 0.29) is 6.04 Å². The lowest BCUT2D eigenvalue weighted by molar-refractivity contribution is 0.713. The van der Waals surface area contributed by atoms with E-state index in [2.05, 4.69) is 71.6 Å². The van der Waals surface area contributed by atoms with Gasteiger partial charge in [-0.2, -0.15) is 0 Å². The molecule has 0 aliphatic carbocycles. The Hall–Kier alpha value is -1.10. The molecule has 2 aromatic carbocycles. The molecule has 0 spiro atoms. The third-order valence-electron chi connectivity index (χ3n) is 4.14. The fourth-order valence-electron chi connectivity index (χ4n) is 2.38. The van der Waals surface area contributed by atoms with Crippen LogP contribution in [0.5, 0.6) is 0 Å². The number of hydrogen-bond donors (Lipinski definition) is 2. The van der Waals surface area contributed by atoms with Gasteiger partial charge >= 0.3 is 0 Å². The van der Waals surface area contributed by atoms with E-state index in [0.29, 0.717) is 16.1 Å². The van der Waals surface area contributed by atoms with Crippen molar-refractivity contribution in [3.05, 3.63) is 63.1 Å². The molecule has 128 valence electrons. The van der Waals surface area contributed by atoms with E-state index in [4.69, 9.17) is 23.8 Å². The fraction of sp³-hybridized carbons (Fsp3) is 0.316. The van der Waals surface area contributed by atoms with Crippen molar-refractivity contribution in [2.45, 2.75) is 39.2 Å². The Labute approximate surface area is 163 Å². The van der Waals surface area contributed by atoms with Gasteiger partial charge in [0.15, 0.2) is 5.11 Å². The number of halogens is 2. The van der Waals surface area contributed by atoms with E-state index in [1.165, 1.54) is 11.1 Å². The number of rotatable bonds is 5. The second-order valence-electron chi connectivity index (χ2n) is 5.92. The maximum Gasteiger partial charge on any atom is 0.171 e. The summed E-state index contributed by atoms with van der Waals surface area (Å²) in [6.45, 7) is 6.55. The summed E-state index contributed by atoms with van der Waals surface area (Å²) in [7, 11) is 0. The summed E-state index contributed by atoms with van der Waals surface area (Å²) in [5, 5.41) is 7.62. The number of hydrogen-bond acceptors (Lipinski definition) is 1. The first kappa shape index (κ1) is 19.2. The second kappa shape index (κ2) is 8.84. The van der Waals surface area contributed by atoms with Gasteiger partial charge in [-0.1, -0.05) is 65.6 Å². The van der Waals surface area contributed by atoms with Crippen LogP contribution in [0.15, 0.2) is 46.9 Å². The van der Waals surface area contributed by atoms with Crippen molar-refractivity contribution in [1.82, 2.24) is 5.32 Å². The van der Waals surface area contributed by atoms with E-state index in [0.717, 1.165) is 16.6 Å². The van der Waals surface area contributed by atoms with Crippen LogP contribution in [-0.2, 0) is 0 Å². The molecule has 0 aliphatic heterocycles. The van der Waals surface area contributed by atoms with Crippen LogP contribution >= 0.6 is 39.7 Å². The van der Waals surface area contributed by atoms with E-state index in [9.17, 15) is 0 Å². The standard InChI is InChI=1S/C19H22BrClN2S/c1-4-12(2)14-5-7-15(8-6-14)13(3)22-19(24)23-18-10-9-16(20)11-17(18)21/h5-13H,4H2,1-3H3,(H2,22,23,24). The van der Waals surface area contributed by atoms with Crippen LogP contribution in [0.3, 0.4) is 0 Å². The molecule has 2 nitrogen and oxygen atoms in total. The van der Waals surface area contributed by atoms with Crippen LogP contribution in [0.2, 0.25) is 5.02 Å². The largest absolute Gasteiger partial charge is 0.356 e. The number of anilines is 1. The third-order valence-corrected chi connectivity index (χ3v) is 5.17. The van der Waals surface area contributed by atoms with Crippen LogP contribution in [0.1, 0.15) is 50.3 Å². The molecule has 2 aromatic rings. The van der Waals surface area contributed by atoms with Gasteiger partial charge in [0.2, 0.25) is 0 Å². The molecule has 0 radical (unpaired) electrons. The van der Waals surface area contributed by atoms with Gasteiger partial charge in [-0.3, -0.25) is 0 Å². The van der Waals surface area contributed by atoms with Crippen molar-refractivity contribution in [2.75, 3.05) is 5.32 Å². The van der Waals surface area contributed by atoms with E-state index < -0.39 is 0 Å². The molecule has 2 atom stereocenters. The quantitative estimate of drug-likeness (QED) is 0.523. The first-order chi connectivity index (χ1) is 11.4. The maximum atomic E-state index is 6.21. The lowest BCUT2D eigenvalue weighted by Crippen LogP contribution is -2.31. The Morgan fingerprint density at radius 3 is 2.33 bits per heavy atom. The molecule has 0 aliphatic rings. The molecule has 2 rings (SSSR count). The lowest BCUT2D eigenvalue weighted by Gasteiger charge is -2.19. The highest BCUT2D eigenvalue weighted by atomic mass is 79.9. The van der Waals surface area contributed by atoms with Gasteiger partial charge in [-0.05, 0) is 60.8 Å². The van der Waals surface area contributed by atoms with Gasteiger partial charge in [0.25, 0.3) is 0 Å². The molecule has 2 N–H and O–H groups in total. The summed E-state index contributed by atoms with van der Waals surface area (Å²) in [5.74, 6) is 0.588. The Morgan fingerprint density at radius 2 is 1.75 bits per heavy atom. The first-order valence-corrected chi connectivity index (χ1v) is 9.61. The zero-order chi connectivity index (χ0) is 17.7. The summed E-state index contributed by atoms with van der Waals surface area (Å²) >= 11 is 15.0. The molecule has 0 saturated heterocycles. The summed E-state index contributed by atoms with van der Waals surface area (Å²) in [6.07, 6.45) is 1.15. The molecular formula is C19H22BrClN2S. The van der Waals surface area contributed by atoms with Gasteiger partial charge in [-0.25, -0.2) is 0 Å². The van der Waals surface area contributed by atoms with Crippen molar-refractivity contribution >= 4 is 50.5 Å². The molecule has 0 aromatic heterocycles. The smallest absolute Gasteiger partial charge is 0.171 e. The zero-order valence-electron chi connectivity index (χ0n) is 14.1. The van der Waals surface area contributed by atoms with Crippen molar-refractivity contribution in [2.24, 2.45) is 0 Å². The first-order valence-electron chi connectivity index (χ1n) is 8.03. The number of benzene rings is 2. The molecule has 0 heterocycles. The predicted molar refractivity (Wildman–Crippen MR) is 112 cm³/mol. The SMILES string of the molecule is CCC(C)c1ccc(C(C)NC(=S)Nc2ccc(Br)cc2Cl)cc1. The molecular weight excluding hydrogens is 404 g/mol. The normalized spacial score (nSPS) is 13.2. The van der Waals surface area contributed by atoms with Crippen LogP contribution in [-0.4, -0.2) is 5.11 Å². The fourth-order valence-corrected chi connectivity index (χ4v) is 3.39. The van der Waals surface area contributed by atoms with Crippen molar-refractivity contribution < 1.29 is 0 Å². The lowest BCUT2D eigenvalue weighted by atomic mass is 9.96. The highest BCUT2D eigenvalue weighted by Gasteiger charge is 2.10. The maximum absolute atomic E-state index is 6.21. The van der Waals surface area contributed by atoms with E-state index >= 15 is 0 Å². The molecule has 0 bridgehead atoms. The highest BCUT2D eigenvalue weighted by molar-refractivity contribution is 9.10. The van der Waals surface area contributed by atoms with Crippen LogP contribution in [0, 0.1) is 0 Å². The Balaban J connectivity index is 1.98. The summed E-state index contributed by atoms with van der Waals surface area (Å²) in [5.41, 5.74) is 3.36. The van der Waals surface area contributed by atoms with Crippen LogP contribution < -0.4 is 10.6 Å². The molecule has 24 heavy (non-hydrogen) atoms. The monoisotopic (exact) mass is 424 g/mol. The van der Waals surface area contributed by atoms with Crippen LogP contribution in [0.4, 0.5) is 5.69 Å². The predicted octanol–water partition coefficient (Wildman–Crippen LogP) is 6.66. The van der Waals surface area contributed by atoms with Crippen LogP contribution in [0.25, 0.3) is 0 Å². The molecule has 5 heteroatoms. The van der Waals surface area contributed by atoms with Crippen molar-refractivity contribution in [1.29, 1.82) is 0 Å². The van der Waals surface area contributed by atoms with Gasteiger partial charge in [0.05, 0.1) is 16.8 Å². The number of nitrogens with one attached hydrogen (secondary N) is 2. The minimum atomic E-state index is 0.116. The van der Waals surface area contributed by atoms with Gasteiger partial charge in [0, 0.05) is 4.47 Å². The van der Waals surface area contributed by atoms with Gasteiger partial charge in [-0.15, -0.1) is 0 Å². The molecule has 0 saturated carbocycles. The number of thiocarbonyl (C=S) groups is 1. The summed E-state index contributed by atoms with van der Waals surface area (Å²) in [4.78, 5) is 0. The van der Waals surface area contributed by atoms with E-state index in [1.807, 2.05) is 18.2 Å². The van der Waals surface area contributed by atoms with Gasteiger partial charge < -0.3 is 10.6 Å². The average molecular weight is 426 g/mol. The highest BCUT2D eigenvalue weighted by Crippen LogP contribution is 2.26. The Kier molecular flexibility index (Phi) is 7.08.